The third kappa shape index (κ3) is 2.61. The second kappa shape index (κ2) is 4.92. The molecule has 0 aromatic rings. The first-order valence-corrected chi connectivity index (χ1v) is 6.57. The lowest BCUT2D eigenvalue weighted by molar-refractivity contribution is -0.148. The van der Waals surface area contributed by atoms with Gasteiger partial charge in [0.25, 0.3) is 5.91 Å². The monoisotopic (exact) mass is 240 g/mol. The van der Waals surface area contributed by atoms with Crippen LogP contribution in [-0.2, 0) is 14.3 Å². The van der Waals surface area contributed by atoms with Crippen LogP contribution in [0.2, 0.25) is 0 Å². The zero-order chi connectivity index (χ0) is 11.7. The van der Waals surface area contributed by atoms with E-state index >= 15 is 0 Å². The van der Waals surface area contributed by atoms with E-state index in [1.165, 1.54) is 12.8 Å². The topological polar surface area (TPSA) is 59.6 Å². The zero-order valence-electron chi connectivity index (χ0n) is 9.98. The molecule has 0 aromatic heterocycles. The van der Waals surface area contributed by atoms with Crippen molar-refractivity contribution in [2.24, 2.45) is 0 Å². The van der Waals surface area contributed by atoms with E-state index in [4.69, 9.17) is 9.47 Å². The van der Waals surface area contributed by atoms with Crippen LogP contribution in [0.5, 0.6) is 0 Å². The van der Waals surface area contributed by atoms with Gasteiger partial charge in [-0.3, -0.25) is 4.79 Å². The number of carbonyl (C=O) groups is 1. The number of ether oxygens (including phenoxy) is 2. The Morgan fingerprint density at radius 3 is 2.59 bits per heavy atom. The quantitative estimate of drug-likeness (QED) is 0.702. The Hall–Kier alpha value is -0.650. The fraction of sp³-hybridized carbons (Fsp3) is 0.917. The normalized spacial score (nSPS) is 41.2. The van der Waals surface area contributed by atoms with Crippen molar-refractivity contribution in [2.75, 3.05) is 19.8 Å². The molecule has 1 amide bonds. The fourth-order valence-electron chi connectivity index (χ4n) is 3.11. The van der Waals surface area contributed by atoms with Gasteiger partial charge in [-0.05, 0) is 25.7 Å². The molecule has 17 heavy (non-hydrogen) atoms. The van der Waals surface area contributed by atoms with Gasteiger partial charge in [-0.15, -0.1) is 0 Å². The predicted molar refractivity (Wildman–Crippen MR) is 61.7 cm³/mol. The third-order valence-electron chi connectivity index (χ3n) is 3.93. The van der Waals surface area contributed by atoms with Crippen LogP contribution in [0, 0.1) is 0 Å². The molecule has 0 aliphatic carbocycles. The molecule has 0 spiro atoms. The molecule has 2 bridgehead atoms. The Labute approximate surface area is 101 Å². The van der Waals surface area contributed by atoms with Gasteiger partial charge in [0.15, 0.2) is 6.10 Å². The molecule has 0 aromatic carbocycles. The molecule has 3 atom stereocenters. The maximum absolute atomic E-state index is 12.0. The van der Waals surface area contributed by atoms with Crippen LogP contribution >= 0.6 is 0 Å². The van der Waals surface area contributed by atoms with E-state index in [0.717, 1.165) is 12.8 Å². The summed E-state index contributed by atoms with van der Waals surface area (Å²) < 4.78 is 10.6. The average Bonchev–Trinajstić information content (AvgIpc) is 2.70. The summed E-state index contributed by atoms with van der Waals surface area (Å²) in [5.41, 5.74) is 0. The van der Waals surface area contributed by atoms with Crippen molar-refractivity contribution in [2.45, 2.75) is 49.9 Å². The van der Waals surface area contributed by atoms with Gasteiger partial charge in [0, 0.05) is 18.1 Å². The van der Waals surface area contributed by atoms with Crippen molar-refractivity contribution in [1.82, 2.24) is 10.6 Å². The SMILES string of the molecule is O=C(NC1CC2CCC(C1)N2)C1COCCO1. The Morgan fingerprint density at radius 1 is 1.18 bits per heavy atom. The molecule has 3 unspecified atom stereocenters. The Morgan fingerprint density at radius 2 is 1.94 bits per heavy atom. The van der Waals surface area contributed by atoms with Crippen molar-refractivity contribution >= 4 is 5.91 Å². The molecule has 3 saturated heterocycles. The number of hydrogen-bond acceptors (Lipinski definition) is 4. The summed E-state index contributed by atoms with van der Waals surface area (Å²) in [6, 6.07) is 1.51. The van der Waals surface area contributed by atoms with Gasteiger partial charge in [-0.25, -0.2) is 0 Å². The first kappa shape index (κ1) is 11.4. The molecular formula is C12H20N2O3. The molecule has 5 nitrogen and oxygen atoms in total. The van der Waals surface area contributed by atoms with Gasteiger partial charge in [0.1, 0.15) is 0 Å². The lowest BCUT2D eigenvalue weighted by Gasteiger charge is -2.31. The summed E-state index contributed by atoms with van der Waals surface area (Å²) in [5, 5.41) is 6.67. The lowest BCUT2D eigenvalue weighted by atomic mass is 9.99. The van der Waals surface area contributed by atoms with Crippen LogP contribution in [0.25, 0.3) is 0 Å². The van der Waals surface area contributed by atoms with Crippen molar-refractivity contribution in [1.29, 1.82) is 0 Å². The zero-order valence-corrected chi connectivity index (χ0v) is 9.98. The number of rotatable bonds is 2. The number of fused-ring (bicyclic) bond motifs is 2. The average molecular weight is 240 g/mol. The van der Waals surface area contributed by atoms with Gasteiger partial charge in [-0.2, -0.15) is 0 Å². The second-order valence-corrected chi connectivity index (χ2v) is 5.25. The van der Waals surface area contributed by atoms with E-state index in [-0.39, 0.29) is 5.91 Å². The molecule has 3 aliphatic heterocycles. The van der Waals surface area contributed by atoms with Crippen molar-refractivity contribution in [3.05, 3.63) is 0 Å². The highest BCUT2D eigenvalue weighted by atomic mass is 16.6. The molecule has 3 aliphatic rings. The highest BCUT2D eigenvalue weighted by molar-refractivity contribution is 5.81. The van der Waals surface area contributed by atoms with E-state index < -0.39 is 6.10 Å². The number of hydrogen-bond donors (Lipinski definition) is 2. The molecule has 3 heterocycles. The first-order chi connectivity index (χ1) is 8.31. The molecular weight excluding hydrogens is 220 g/mol. The van der Waals surface area contributed by atoms with E-state index in [0.29, 0.717) is 37.9 Å². The van der Waals surface area contributed by atoms with E-state index in [1.54, 1.807) is 0 Å². The van der Waals surface area contributed by atoms with Crippen molar-refractivity contribution < 1.29 is 14.3 Å². The first-order valence-electron chi connectivity index (χ1n) is 6.57. The summed E-state index contributed by atoms with van der Waals surface area (Å²) in [4.78, 5) is 12.0. The summed E-state index contributed by atoms with van der Waals surface area (Å²) in [5.74, 6) is -0.00370. The van der Waals surface area contributed by atoms with Gasteiger partial charge in [-0.1, -0.05) is 0 Å². The molecule has 0 radical (unpaired) electrons. The molecule has 2 N–H and O–H groups in total. The van der Waals surface area contributed by atoms with Crippen LogP contribution in [-0.4, -0.2) is 50.0 Å². The summed E-state index contributed by atoms with van der Waals surface area (Å²) in [7, 11) is 0. The Balaban J connectivity index is 1.50. The molecule has 3 rings (SSSR count). The van der Waals surface area contributed by atoms with Gasteiger partial charge in [0.2, 0.25) is 0 Å². The van der Waals surface area contributed by atoms with Gasteiger partial charge in [0.05, 0.1) is 19.8 Å². The minimum atomic E-state index is -0.406. The van der Waals surface area contributed by atoms with Gasteiger partial charge < -0.3 is 20.1 Å². The fourth-order valence-corrected chi connectivity index (χ4v) is 3.11. The number of amides is 1. The summed E-state index contributed by atoms with van der Waals surface area (Å²) in [6.07, 6.45) is 4.20. The number of nitrogens with one attached hydrogen (secondary N) is 2. The van der Waals surface area contributed by atoms with Crippen LogP contribution in [0.4, 0.5) is 0 Å². The summed E-state index contributed by atoms with van der Waals surface area (Å²) >= 11 is 0. The summed E-state index contributed by atoms with van der Waals surface area (Å²) in [6.45, 7) is 1.51. The third-order valence-corrected chi connectivity index (χ3v) is 3.93. The second-order valence-electron chi connectivity index (χ2n) is 5.25. The Kier molecular flexibility index (Phi) is 3.31. The number of carbonyl (C=O) groups excluding carboxylic acids is 1. The smallest absolute Gasteiger partial charge is 0.251 e. The lowest BCUT2D eigenvalue weighted by Crippen LogP contribution is -2.52. The number of piperidine rings is 1. The molecule has 5 heteroatoms. The maximum Gasteiger partial charge on any atom is 0.251 e. The van der Waals surface area contributed by atoms with Crippen LogP contribution in [0.1, 0.15) is 25.7 Å². The molecule has 3 fully saturated rings. The van der Waals surface area contributed by atoms with E-state index in [9.17, 15) is 4.79 Å². The highest BCUT2D eigenvalue weighted by Gasteiger charge is 2.35. The highest BCUT2D eigenvalue weighted by Crippen LogP contribution is 2.26. The van der Waals surface area contributed by atoms with Crippen molar-refractivity contribution in [3.63, 3.8) is 0 Å². The predicted octanol–water partition coefficient (Wildman–Crippen LogP) is -0.199. The van der Waals surface area contributed by atoms with Crippen LogP contribution in [0.3, 0.4) is 0 Å². The van der Waals surface area contributed by atoms with Crippen molar-refractivity contribution in [3.8, 4) is 0 Å². The molecule has 0 saturated carbocycles. The molecule has 96 valence electrons. The minimum Gasteiger partial charge on any atom is -0.376 e. The van der Waals surface area contributed by atoms with Crippen LogP contribution in [0.15, 0.2) is 0 Å². The van der Waals surface area contributed by atoms with Gasteiger partial charge >= 0.3 is 0 Å². The maximum atomic E-state index is 12.0. The van der Waals surface area contributed by atoms with E-state index in [1.807, 2.05) is 0 Å². The van der Waals surface area contributed by atoms with E-state index in [2.05, 4.69) is 10.6 Å². The largest absolute Gasteiger partial charge is 0.376 e. The standard InChI is InChI=1S/C12H20N2O3/c15-12(11-7-16-3-4-17-11)14-10-5-8-1-2-9(6-10)13-8/h8-11,13H,1-7H2,(H,14,15). The Bertz CT molecular complexity index is 279. The minimum absolute atomic E-state index is 0.00370. The van der Waals surface area contributed by atoms with Crippen LogP contribution < -0.4 is 10.6 Å².